The van der Waals surface area contributed by atoms with E-state index in [1.807, 2.05) is 13.2 Å². The van der Waals surface area contributed by atoms with Gasteiger partial charge in [-0.25, -0.2) is 4.79 Å². The minimum absolute atomic E-state index is 0.211. The standard InChI is InChI=1S/C12H25N3O3S/c1-5-15(8-12(2,3)18)10(16)9(6-7-19-4)14-11(13)17/h9,18H,5-8H2,1-4H3,(H3,13,14,17). The molecule has 19 heavy (non-hydrogen) atoms. The van der Waals surface area contributed by atoms with Crippen LogP contribution in [0.3, 0.4) is 0 Å². The predicted molar refractivity (Wildman–Crippen MR) is 78.1 cm³/mol. The summed E-state index contributed by atoms with van der Waals surface area (Å²) in [6.07, 6.45) is 2.45. The Bertz CT molecular complexity index is 305. The number of nitrogens with one attached hydrogen (secondary N) is 1. The monoisotopic (exact) mass is 291 g/mol. The Hall–Kier alpha value is -0.950. The third-order valence-corrected chi connectivity index (χ3v) is 3.14. The number of thioether (sulfide) groups is 1. The Labute approximate surface area is 119 Å². The lowest BCUT2D eigenvalue weighted by atomic mass is 10.1. The molecule has 0 bridgehead atoms. The van der Waals surface area contributed by atoms with Gasteiger partial charge in [0.25, 0.3) is 0 Å². The van der Waals surface area contributed by atoms with Crippen LogP contribution in [0.5, 0.6) is 0 Å². The van der Waals surface area contributed by atoms with Crippen molar-refractivity contribution in [3.05, 3.63) is 0 Å². The summed E-state index contributed by atoms with van der Waals surface area (Å²) in [7, 11) is 0. The highest BCUT2D eigenvalue weighted by Gasteiger charge is 2.27. The lowest BCUT2D eigenvalue weighted by Gasteiger charge is -2.31. The van der Waals surface area contributed by atoms with Gasteiger partial charge < -0.3 is 21.1 Å². The third-order valence-electron chi connectivity index (χ3n) is 2.50. The number of aliphatic hydroxyl groups is 1. The fourth-order valence-electron chi connectivity index (χ4n) is 1.70. The van der Waals surface area contributed by atoms with Gasteiger partial charge in [0.15, 0.2) is 0 Å². The molecule has 0 aromatic carbocycles. The summed E-state index contributed by atoms with van der Waals surface area (Å²) in [6.45, 7) is 5.81. The smallest absolute Gasteiger partial charge is 0.312 e. The lowest BCUT2D eigenvalue weighted by molar-refractivity contribution is -0.136. The third kappa shape index (κ3) is 7.94. The van der Waals surface area contributed by atoms with Crippen LogP contribution in [-0.2, 0) is 4.79 Å². The number of rotatable bonds is 8. The average Bonchev–Trinajstić information content (AvgIpc) is 2.29. The van der Waals surface area contributed by atoms with E-state index in [1.165, 1.54) is 4.90 Å². The van der Waals surface area contributed by atoms with E-state index in [-0.39, 0.29) is 12.5 Å². The van der Waals surface area contributed by atoms with Crippen molar-refractivity contribution >= 4 is 23.7 Å². The molecule has 1 unspecified atom stereocenters. The molecular weight excluding hydrogens is 266 g/mol. The van der Waals surface area contributed by atoms with Crippen LogP contribution in [-0.4, -0.2) is 58.7 Å². The van der Waals surface area contributed by atoms with Crippen LogP contribution in [0, 0.1) is 0 Å². The number of nitrogens with zero attached hydrogens (tertiary/aromatic N) is 1. The van der Waals surface area contributed by atoms with Crippen molar-refractivity contribution in [2.24, 2.45) is 5.73 Å². The molecule has 0 aliphatic rings. The summed E-state index contributed by atoms with van der Waals surface area (Å²) >= 11 is 1.59. The molecule has 112 valence electrons. The lowest BCUT2D eigenvalue weighted by Crippen LogP contribution is -2.53. The highest BCUT2D eigenvalue weighted by Crippen LogP contribution is 2.09. The number of likely N-dealkylation sites (N-methyl/N-ethyl adjacent to an activating group) is 1. The van der Waals surface area contributed by atoms with Crippen LogP contribution in [0.4, 0.5) is 4.79 Å². The summed E-state index contributed by atoms with van der Waals surface area (Å²) in [5, 5.41) is 12.3. The molecule has 0 rings (SSSR count). The van der Waals surface area contributed by atoms with Crippen molar-refractivity contribution < 1.29 is 14.7 Å². The van der Waals surface area contributed by atoms with E-state index in [9.17, 15) is 14.7 Å². The molecule has 6 nitrogen and oxygen atoms in total. The van der Waals surface area contributed by atoms with Gasteiger partial charge in [0.1, 0.15) is 6.04 Å². The summed E-state index contributed by atoms with van der Waals surface area (Å²) in [6, 6.07) is -1.34. The minimum atomic E-state index is -0.970. The zero-order valence-electron chi connectivity index (χ0n) is 12.1. The Balaban J connectivity index is 4.76. The van der Waals surface area contributed by atoms with Crippen LogP contribution in [0.2, 0.25) is 0 Å². The number of hydrogen-bond acceptors (Lipinski definition) is 4. The van der Waals surface area contributed by atoms with E-state index in [0.717, 1.165) is 5.75 Å². The van der Waals surface area contributed by atoms with Crippen molar-refractivity contribution in [2.75, 3.05) is 25.1 Å². The van der Waals surface area contributed by atoms with Gasteiger partial charge in [-0.15, -0.1) is 0 Å². The highest BCUT2D eigenvalue weighted by molar-refractivity contribution is 7.98. The van der Waals surface area contributed by atoms with E-state index < -0.39 is 17.7 Å². The maximum atomic E-state index is 12.3. The number of urea groups is 1. The van der Waals surface area contributed by atoms with Crippen LogP contribution in [0.15, 0.2) is 0 Å². The number of primary amides is 1. The number of carbonyl (C=O) groups is 2. The number of carbonyl (C=O) groups excluding carboxylic acids is 2. The molecule has 0 aliphatic heterocycles. The van der Waals surface area contributed by atoms with E-state index in [4.69, 9.17) is 5.73 Å². The van der Waals surface area contributed by atoms with Gasteiger partial charge in [0.2, 0.25) is 5.91 Å². The van der Waals surface area contributed by atoms with Crippen molar-refractivity contribution in [3.63, 3.8) is 0 Å². The van der Waals surface area contributed by atoms with Crippen LogP contribution in [0.1, 0.15) is 27.2 Å². The van der Waals surface area contributed by atoms with Gasteiger partial charge in [-0.3, -0.25) is 4.79 Å². The molecule has 0 aliphatic carbocycles. The summed E-state index contributed by atoms with van der Waals surface area (Å²) < 4.78 is 0. The Kier molecular flexibility index (Phi) is 7.85. The molecule has 7 heteroatoms. The average molecular weight is 291 g/mol. The van der Waals surface area contributed by atoms with Gasteiger partial charge in [-0.1, -0.05) is 0 Å². The molecule has 0 fully saturated rings. The minimum Gasteiger partial charge on any atom is -0.389 e. The molecule has 0 aromatic rings. The summed E-state index contributed by atoms with van der Waals surface area (Å²) in [4.78, 5) is 24.8. The second-order valence-corrected chi connectivity index (χ2v) is 5.99. The first-order chi connectivity index (χ1) is 8.71. The highest BCUT2D eigenvalue weighted by atomic mass is 32.2. The quantitative estimate of drug-likeness (QED) is 0.603. The summed E-state index contributed by atoms with van der Waals surface area (Å²) in [5.74, 6) is 0.536. The predicted octanol–water partition coefficient (Wildman–Crippen LogP) is 0.396. The van der Waals surface area contributed by atoms with Crippen molar-refractivity contribution in [1.82, 2.24) is 10.2 Å². The van der Waals surface area contributed by atoms with Gasteiger partial charge in [0, 0.05) is 13.1 Å². The van der Waals surface area contributed by atoms with Gasteiger partial charge >= 0.3 is 6.03 Å². The Morgan fingerprint density at radius 1 is 1.47 bits per heavy atom. The topological polar surface area (TPSA) is 95.7 Å². The molecule has 0 radical (unpaired) electrons. The fourth-order valence-corrected chi connectivity index (χ4v) is 2.17. The van der Waals surface area contributed by atoms with Crippen molar-refractivity contribution in [1.29, 1.82) is 0 Å². The molecule has 0 spiro atoms. The SMILES string of the molecule is CCN(CC(C)(C)O)C(=O)C(CCSC)NC(N)=O. The number of amides is 3. The molecular formula is C12H25N3O3S. The zero-order chi connectivity index (χ0) is 15.1. The first-order valence-electron chi connectivity index (χ1n) is 6.27. The number of nitrogens with two attached hydrogens (primary N) is 1. The van der Waals surface area contributed by atoms with E-state index in [1.54, 1.807) is 25.6 Å². The second-order valence-electron chi connectivity index (χ2n) is 5.01. The zero-order valence-corrected chi connectivity index (χ0v) is 12.9. The van der Waals surface area contributed by atoms with Gasteiger partial charge in [0.05, 0.1) is 5.60 Å². The molecule has 0 heterocycles. The molecule has 0 aromatic heterocycles. The van der Waals surface area contributed by atoms with Gasteiger partial charge in [-0.2, -0.15) is 11.8 Å². The van der Waals surface area contributed by atoms with Crippen LogP contribution in [0.25, 0.3) is 0 Å². The first-order valence-corrected chi connectivity index (χ1v) is 7.66. The van der Waals surface area contributed by atoms with Crippen molar-refractivity contribution in [3.8, 4) is 0 Å². The maximum absolute atomic E-state index is 12.3. The summed E-state index contributed by atoms with van der Waals surface area (Å²) in [5.41, 5.74) is 4.12. The Morgan fingerprint density at radius 2 is 2.05 bits per heavy atom. The second kappa shape index (κ2) is 8.27. The number of hydrogen-bond donors (Lipinski definition) is 3. The molecule has 0 saturated carbocycles. The first kappa shape index (κ1) is 18.0. The molecule has 4 N–H and O–H groups in total. The maximum Gasteiger partial charge on any atom is 0.312 e. The largest absolute Gasteiger partial charge is 0.389 e. The molecule has 3 amide bonds. The fraction of sp³-hybridized carbons (Fsp3) is 0.833. The van der Waals surface area contributed by atoms with E-state index in [0.29, 0.717) is 13.0 Å². The molecule has 1 atom stereocenters. The normalized spacial score (nSPS) is 12.9. The van der Waals surface area contributed by atoms with Crippen molar-refractivity contribution in [2.45, 2.75) is 38.8 Å². The van der Waals surface area contributed by atoms with E-state index >= 15 is 0 Å². The van der Waals surface area contributed by atoms with Crippen LogP contribution >= 0.6 is 11.8 Å². The molecule has 0 saturated heterocycles. The van der Waals surface area contributed by atoms with Gasteiger partial charge in [-0.05, 0) is 39.2 Å². The Morgan fingerprint density at radius 3 is 2.42 bits per heavy atom. The van der Waals surface area contributed by atoms with E-state index in [2.05, 4.69) is 5.32 Å². The van der Waals surface area contributed by atoms with Crippen LogP contribution < -0.4 is 11.1 Å².